The summed E-state index contributed by atoms with van der Waals surface area (Å²) in [5.41, 5.74) is 0.654. The van der Waals surface area contributed by atoms with Gasteiger partial charge in [0.2, 0.25) is 11.8 Å². The van der Waals surface area contributed by atoms with E-state index in [0.29, 0.717) is 37.1 Å². The van der Waals surface area contributed by atoms with E-state index in [2.05, 4.69) is 5.32 Å². The Labute approximate surface area is 149 Å². The maximum Gasteiger partial charge on any atom is 0.262 e. The molecule has 0 bridgehead atoms. The van der Waals surface area contributed by atoms with Crippen molar-refractivity contribution < 1.29 is 19.2 Å². The number of benzene rings is 1. The SMILES string of the molecule is O=C(CN1C(=O)c2ccccc2C1=O)NC1CCN(C(=O)CCl)CC1. The van der Waals surface area contributed by atoms with Crippen molar-refractivity contribution in [1.82, 2.24) is 15.1 Å². The minimum atomic E-state index is -0.446. The number of nitrogens with zero attached hydrogens (tertiary/aromatic N) is 2. The molecule has 1 N–H and O–H groups in total. The smallest absolute Gasteiger partial charge is 0.262 e. The van der Waals surface area contributed by atoms with E-state index in [1.54, 1.807) is 29.2 Å². The van der Waals surface area contributed by atoms with E-state index in [1.165, 1.54) is 0 Å². The summed E-state index contributed by atoms with van der Waals surface area (Å²) < 4.78 is 0. The van der Waals surface area contributed by atoms with Gasteiger partial charge in [-0.25, -0.2) is 0 Å². The third-order valence-electron chi connectivity index (χ3n) is 4.51. The summed E-state index contributed by atoms with van der Waals surface area (Å²) in [6.45, 7) is 0.764. The number of nitrogens with one attached hydrogen (secondary N) is 1. The Kier molecular flexibility index (Phi) is 5.03. The van der Waals surface area contributed by atoms with E-state index in [4.69, 9.17) is 11.6 Å². The van der Waals surface area contributed by atoms with Crippen molar-refractivity contribution in [3.8, 4) is 0 Å². The number of imide groups is 1. The van der Waals surface area contributed by atoms with Crippen molar-refractivity contribution in [2.45, 2.75) is 18.9 Å². The van der Waals surface area contributed by atoms with Gasteiger partial charge in [0.15, 0.2) is 0 Å². The third-order valence-corrected chi connectivity index (χ3v) is 4.74. The van der Waals surface area contributed by atoms with Crippen LogP contribution in [0.2, 0.25) is 0 Å². The number of carbonyl (C=O) groups excluding carboxylic acids is 4. The zero-order valence-electron chi connectivity index (χ0n) is 13.5. The van der Waals surface area contributed by atoms with Crippen molar-refractivity contribution >= 4 is 35.2 Å². The lowest BCUT2D eigenvalue weighted by Gasteiger charge is -2.32. The van der Waals surface area contributed by atoms with Gasteiger partial charge in [-0.15, -0.1) is 11.6 Å². The number of hydrogen-bond acceptors (Lipinski definition) is 4. The summed E-state index contributed by atoms with van der Waals surface area (Å²) in [6, 6.07) is 6.45. The zero-order valence-corrected chi connectivity index (χ0v) is 14.3. The summed E-state index contributed by atoms with van der Waals surface area (Å²) >= 11 is 5.54. The molecule has 25 heavy (non-hydrogen) atoms. The van der Waals surface area contributed by atoms with Crippen LogP contribution in [-0.4, -0.2) is 65.0 Å². The lowest BCUT2D eigenvalue weighted by atomic mass is 10.1. The first-order valence-corrected chi connectivity index (χ1v) is 8.63. The molecule has 0 aliphatic carbocycles. The quantitative estimate of drug-likeness (QED) is 0.628. The van der Waals surface area contributed by atoms with Gasteiger partial charge in [-0.05, 0) is 25.0 Å². The third kappa shape index (κ3) is 3.51. The predicted octanol–water partition coefficient (Wildman–Crippen LogP) is 0.629. The Morgan fingerprint density at radius 3 is 2.16 bits per heavy atom. The first-order chi connectivity index (χ1) is 12.0. The predicted molar refractivity (Wildman–Crippen MR) is 90.3 cm³/mol. The molecule has 3 rings (SSSR count). The maximum atomic E-state index is 12.3. The second kappa shape index (κ2) is 7.23. The highest BCUT2D eigenvalue weighted by Crippen LogP contribution is 2.22. The Morgan fingerprint density at radius 1 is 1.08 bits per heavy atom. The van der Waals surface area contributed by atoms with Crippen LogP contribution < -0.4 is 5.32 Å². The average molecular weight is 364 g/mol. The van der Waals surface area contributed by atoms with Crippen LogP contribution in [0.15, 0.2) is 24.3 Å². The molecule has 1 fully saturated rings. The summed E-state index contributed by atoms with van der Waals surface area (Å²) in [6.07, 6.45) is 1.24. The highest BCUT2D eigenvalue weighted by molar-refractivity contribution is 6.27. The molecule has 2 heterocycles. The monoisotopic (exact) mass is 363 g/mol. The molecule has 0 atom stereocenters. The fourth-order valence-corrected chi connectivity index (χ4v) is 3.33. The maximum absolute atomic E-state index is 12.3. The van der Waals surface area contributed by atoms with E-state index < -0.39 is 11.8 Å². The number of carbonyl (C=O) groups is 4. The number of halogens is 1. The highest BCUT2D eigenvalue weighted by Gasteiger charge is 2.36. The molecular weight excluding hydrogens is 346 g/mol. The zero-order chi connectivity index (χ0) is 18.0. The van der Waals surface area contributed by atoms with Gasteiger partial charge < -0.3 is 10.2 Å². The molecule has 1 aromatic carbocycles. The van der Waals surface area contributed by atoms with Crippen LogP contribution in [0.3, 0.4) is 0 Å². The average Bonchev–Trinajstić information content (AvgIpc) is 2.87. The van der Waals surface area contributed by atoms with Crippen molar-refractivity contribution in [1.29, 1.82) is 0 Å². The van der Waals surface area contributed by atoms with Gasteiger partial charge in [0, 0.05) is 19.1 Å². The number of alkyl halides is 1. The molecule has 8 heteroatoms. The molecule has 0 unspecified atom stereocenters. The molecule has 1 aromatic rings. The van der Waals surface area contributed by atoms with E-state index in [9.17, 15) is 19.2 Å². The van der Waals surface area contributed by atoms with Gasteiger partial charge in [-0.1, -0.05) is 12.1 Å². The van der Waals surface area contributed by atoms with Gasteiger partial charge in [-0.3, -0.25) is 24.1 Å². The lowest BCUT2D eigenvalue weighted by molar-refractivity contribution is -0.129. The number of hydrogen-bond donors (Lipinski definition) is 1. The molecule has 1 saturated heterocycles. The topological polar surface area (TPSA) is 86.8 Å². The van der Waals surface area contributed by atoms with Crippen LogP contribution in [0.25, 0.3) is 0 Å². The standard InChI is InChI=1S/C17H18ClN3O4/c18-9-15(23)20-7-5-11(6-8-20)19-14(22)10-21-16(24)12-3-1-2-4-13(12)17(21)25/h1-4,11H,5-10H2,(H,19,22). The lowest BCUT2D eigenvalue weighted by Crippen LogP contribution is -2.49. The van der Waals surface area contributed by atoms with Crippen LogP contribution in [0.1, 0.15) is 33.6 Å². The molecule has 2 aliphatic heterocycles. The Hall–Kier alpha value is -2.41. The summed E-state index contributed by atoms with van der Waals surface area (Å²) in [7, 11) is 0. The van der Waals surface area contributed by atoms with Gasteiger partial charge in [0.25, 0.3) is 11.8 Å². The normalized spacial score (nSPS) is 17.6. The second-order valence-corrected chi connectivity index (χ2v) is 6.37. The molecular formula is C17H18ClN3O4. The van der Waals surface area contributed by atoms with Crippen LogP contribution in [0.5, 0.6) is 0 Å². The Bertz CT molecular complexity index is 693. The summed E-state index contributed by atoms with van der Waals surface area (Å²) in [4.78, 5) is 50.9. The van der Waals surface area contributed by atoms with E-state index in [-0.39, 0.29) is 30.3 Å². The molecule has 0 aromatic heterocycles. The number of amides is 4. The van der Waals surface area contributed by atoms with E-state index in [1.807, 2.05) is 0 Å². The fraction of sp³-hybridized carbons (Fsp3) is 0.412. The van der Waals surface area contributed by atoms with Gasteiger partial charge in [-0.2, -0.15) is 0 Å². The first kappa shape index (κ1) is 17.4. The van der Waals surface area contributed by atoms with Crippen molar-refractivity contribution in [2.24, 2.45) is 0 Å². The summed E-state index contributed by atoms with van der Waals surface area (Å²) in [5, 5.41) is 2.84. The fourth-order valence-electron chi connectivity index (χ4n) is 3.16. The van der Waals surface area contributed by atoms with Crippen LogP contribution >= 0.6 is 11.6 Å². The van der Waals surface area contributed by atoms with E-state index in [0.717, 1.165) is 4.90 Å². The number of fused-ring (bicyclic) bond motifs is 1. The first-order valence-electron chi connectivity index (χ1n) is 8.09. The van der Waals surface area contributed by atoms with Crippen LogP contribution in [0, 0.1) is 0 Å². The molecule has 0 radical (unpaired) electrons. The molecule has 2 aliphatic rings. The Balaban J connectivity index is 1.54. The van der Waals surface area contributed by atoms with Gasteiger partial charge in [0.1, 0.15) is 12.4 Å². The van der Waals surface area contributed by atoms with Gasteiger partial charge >= 0.3 is 0 Å². The largest absolute Gasteiger partial charge is 0.352 e. The van der Waals surface area contributed by atoms with Gasteiger partial charge in [0.05, 0.1) is 11.1 Å². The number of piperidine rings is 1. The highest BCUT2D eigenvalue weighted by atomic mass is 35.5. The molecule has 0 spiro atoms. The Morgan fingerprint density at radius 2 is 1.64 bits per heavy atom. The molecule has 0 saturated carbocycles. The van der Waals surface area contributed by atoms with Crippen molar-refractivity contribution in [2.75, 3.05) is 25.5 Å². The summed E-state index contributed by atoms with van der Waals surface area (Å²) in [5.74, 6) is -1.43. The van der Waals surface area contributed by atoms with Crippen molar-refractivity contribution in [3.63, 3.8) is 0 Å². The van der Waals surface area contributed by atoms with Crippen LogP contribution in [-0.2, 0) is 9.59 Å². The minimum absolute atomic E-state index is 0.0449. The second-order valence-electron chi connectivity index (χ2n) is 6.10. The number of rotatable bonds is 4. The molecule has 4 amide bonds. The molecule has 7 nitrogen and oxygen atoms in total. The molecule has 132 valence electrons. The number of likely N-dealkylation sites (tertiary alicyclic amines) is 1. The van der Waals surface area contributed by atoms with Crippen molar-refractivity contribution in [3.05, 3.63) is 35.4 Å². The minimum Gasteiger partial charge on any atom is -0.352 e. The van der Waals surface area contributed by atoms with E-state index >= 15 is 0 Å². The van der Waals surface area contributed by atoms with Crippen LogP contribution in [0.4, 0.5) is 0 Å².